The van der Waals surface area contributed by atoms with Crippen LogP contribution in [0.4, 0.5) is 0 Å². The third-order valence-corrected chi connectivity index (χ3v) is 3.16. The van der Waals surface area contributed by atoms with Crippen LogP contribution in [0.5, 0.6) is 0 Å². The molecule has 0 radical (unpaired) electrons. The van der Waals surface area contributed by atoms with E-state index in [0.29, 0.717) is 11.1 Å². The first-order valence-electron chi connectivity index (χ1n) is 6.18. The predicted molar refractivity (Wildman–Crippen MR) is 84.5 cm³/mol. The van der Waals surface area contributed by atoms with Crippen LogP contribution in [0.25, 0.3) is 5.76 Å². The summed E-state index contributed by atoms with van der Waals surface area (Å²) in [4.78, 5) is 11.7. The fraction of sp³-hybridized carbons (Fsp3) is 0. The number of hydrazone groups is 1. The van der Waals surface area contributed by atoms with Crippen molar-refractivity contribution in [3.8, 4) is 0 Å². The van der Waals surface area contributed by atoms with Gasteiger partial charge in [-0.1, -0.05) is 46.3 Å². The Kier molecular flexibility index (Phi) is 5.29. The van der Waals surface area contributed by atoms with Crippen molar-refractivity contribution in [1.82, 2.24) is 5.43 Å². The van der Waals surface area contributed by atoms with Crippen LogP contribution in [-0.4, -0.2) is 12.1 Å². The zero-order valence-electron chi connectivity index (χ0n) is 11.0. The summed E-state index contributed by atoms with van der Waals surface area (Å²) in [7, 11) is 0. The molecule has 0 aliphatic carbocycles. The van der Waals surface area contributed by atoms with Crippen LogP contribution in [0.3, 0.4) is 0 Å². The molecule has 2 aromatic rings. The average Bonchev–Trinajstić information content (AvgIpc) is 2.52. The second kappa shape index (κ2) is 7.40. The minimum absolute atomic E-state index is 0.180. The lowest BCUT2D eigenvalue weighted by atomic mass is 10.2. The number of nitrogens with zero attached hydrogens (tertiary/aromatic N) is 1. The van der Waals surface area contributed by atoms with Gasteiger partial charge in [-0.25, -0.2) is 5.43 Å². The summed E-state index contributed by atoms with van der Waals surface area (Å²) in [5.41, 5.74) is 3.42. The molecule has 0 aliphatic rings. The van der Waals surface area contributed by atoms with E-state index >= 15 is 0 Å². The second-order valence-electron chi connectivity index (χ2n) is 4.12. The van der Waals surface area contributed by atoms with E-state index in [1.165, 1.54) is 12.3 Å². The highest BCUT2D eigenvalue weighted by molar-refractivity contribution is 9.10. The minimum atomic E-state index is -0.323. The average molecular weight is 344 g/mol. The molecule has 21 heavy (non-hydrogen) atoms. The van der Waals surface area contributed by atoms with E-state index in [1.807, 2.05) is 6.07 Å². The molecule has 0 saturated heterocycles. The van der Waals surface area contributed by atoms with Crippen LogP contribution in [0.15, 0.2) is 70.2 Å². The molecule has 0 saturated carbocycles. The van der Waals surface area contributed by atoms with Crippen LogP contribution in [0.1, 0.15) is 15.9 Å². The minimum Gasteiger partial charge on any atom is -0.872 e. The number of halogens is 1. The number of benzene rings is 2. The molecule has 0 aliphatic heterocycles. The number of allylic oxidation sites excluding steroid dienone is 1. The summed E-state index contributed by atoms with van der Waals surface area (Å²) in [6.07, 6.45) is 2.57. The Morgan fingerprint density at radius 1 is 1.05 bits per heavy atom. The highest BCUT2D eigenvalue weighted by atomic mass is 79.9. The molecule has 0 fully saturated rings. The number of carbonyl (C=O) groups is 1. The lowest BCUT2D eigenvalue weighted by Gasteiger charge is -2.10. The van der Waals surface area contributed by atoms with Crippen LogP contribution >= 0.6 is 15.9 Å². The zero-order valence-corrected chi connectivity index (χ0v) is 12.6. The smallest absolute Gasteiger partial charge is 0.271 e. The van der Waals surface area contributed by atoms with Gasteiger partial charge in [-0.15, -0.1) is 5.76 Å². The molecule has 0 spiro atoms. The van der Waals surface area contributed by atoms with Crippen LogP contribution in [0.2, 0.25) is 0 Å². The van der Waals surface area contributed by atoms with Crippen LogP contribution < -0.4 is 10.5 Å². The Hall–Kier alpha value is -2.40. The number of rotatable bonds is 4. The van der Waals surface area contributed by atoms with Gasteiger partial charge in [-0.05, 0) is 35.9 Å². The number of carbonyl (C=O) groups excluding carboxylic acids is 1. The van der Waals surface area contributed by atoms with E-state index in [-0.39, 0.29) is 11.7 Å². The van der Waals surface area contributed by atoms with E-state index < -0.39 is 0 Å². The van der Waals surface area contributed by atoms with Gasteiger partial charge in [0.2, 0.25) is 0 Å². The Balaban J connectivity index is 1.94. The van der Waals surface area contributed by atoms with Crippen molar-refractivity contribution in [3.05, 3.63) is 76.3 Å². The molecular weight excluding hydrogens is 332 g/mol. The number of hydrogen-bond donors (Lipinski definition) is 1. The molecule has 0 unspecified atom stereocenters. The molecule has 0 atom stereocenters. The van der Waals surface area contributed by atoms with Gasteiger partial charge in [0.15, 0.2) is 0 Å². The normalized spacial score (nSPS) is 11.6. The molecule has 5 heteroatoms. The Bertz CT molecular complexity index is 664. The van der Waals surface area contributed by atoms with Gasteiger partial charge in [0.25, 0.3) is 5.91 Å². The SMILES string of the molecule is O=C(NN=CC=C([O-])c1ccc(Br)cc1)c1ccccc1. The number of hydrogen-bond acceptors (Lipinski definition) is 3. The van der Waals surface area contributed by atoms with E-state index in [0.717, 1.165) is 4.47 Å². The first kappa shape index (κ1) is 15.0. The maximum Gasteiger partial charge on any atom is 0.271 e. The predicted octanol–water partition coefficient (Wildman–Crippen LogP) is 2.57. The third kappa shape index (κ3) is 4.57. The summed E-state index contributed by atoms with van der Waals surface area (Å²) >= 11 is 3.30. The van der Waals surface area contributed by atoms with Gasteiger partial charge < -0.3 is 5.11 Å². The molecule has 0 aromatic heterocycles. The Morgan fingerprint density at radius 2 is 1.71 bits per heavy atom. The fourth-order valence-electron chi connectivity index (χ4n) is 1.57. The first-order valence-corrected chi connectivity index (χ1v) is 6.98. The largest absolute Gasteiger partial charge is 0.872 e. The summed E-state index contributed by atoms with van der Waals surface area (Å²) in [5.74, 6) is -0.503. The zero-order chi connectivity index (χ0) is 15.1. The first-order chi connectivity index (χ1) is 10.2. The van der Waals surface area contributed by atoms with E-state index in [2.05, 4.69) is 26.5 Å². The van der Waals surface area contributed by atoms with Crippen molar-refractivity contribution in [1.29, 1.82) is 0 Å². The van der Waals surface area contributed by atoms with Gasteiger partial charge in [0, 0.05) is 16.3 Å². The highest BCUT2D eigenvalue weighted by Crippen LogP contribution is 2.13. The summed E-state index contributed by atoms with van der Waals surface area (Å²) < 4.78 is 0.905. The maximum atomic E-state index is 11.8. The second-order valence-corrected chi connectivity index (χ2v) is 5.04. The molecule has 0 heterocycles. The van der Waals surface area contributed by atoms with Gasteiger partial charge in [-0.2, -0.15) is 5.10 Å². The highest BCUT2D eigenvalue weighted by Gasteiger charge is 2.00. The molecule has 1 N–H and O–H groups in total. The van der Waals surface area contributed by atoms with E-state index in [4.69, 9.17) is 0 Å². The standard InChI is InChI=1S/C16H13BrN2O2/c17-14-8-6-12(7-9-14)15(20)10-11-18-19-16(21)13-4-2-1-3-5-13/h1-11,20H,(H,19,21)/p-1. The lowest BCUT2D eigenvalue weighted by Crippen LogP contribution is -2.17. The monoisotopic (exact) mass is 343 g/mol. The fourth-order valence-corrected chi connectivity index (χ4v) is 1.83. The molecule has 2 aromatic carbocycles. The van der Waals surface area contributed by atoms with Crippen LogP contribution in [-0.2, 0) is 0 Å². The van der Waals surface area contributed by atoms with E-state index in [9.17, 15) is 9.90 Å². The molecule has 2 rings (SSSR count). The van der Waals surface area contributed by atoms with Gasteiger partial charge in [0.05, 0.1) is 0 Å². The summed E-state index contributed by atoms with van der Waals surface area (Å²) in [6, 6.07) is 15.7. The topological polar surface area (TPSA) is 64.5 Å². The number of amides is 1. The molecular formula is C16H12BrN2O2-. The van der Waals surface area contributed by atoms with E-state index in [1.54, 1.807) is 48.5 Å². The molecule has 0 bridgehead atoms. The third-order valence-electron chi connectivity index (χ3n) is 2.63. The van der Waals surface area contributed by atoms with Gasteiger partial charge in [0.1, 0.15) is 0 Å². The Labute approximate surface area is 130 Å². The maximum absolute atomic E-state index is 11.8. The summed E-state index contributed by atoms with van der Waals surface area (Å²) in [6.45, 7) is 0. The lowest BCUT2D eigenvalue weighted by molar-refractivity contribution is -0.243. The van der Waals surface area contributed by atoms with Crippen molar-refractivity contribution < 1.29 is 9.90 Å². The van der Waals surface area contributed by atoms with Crippen molar-refractivity contribution >= 4 is 33.8 Å². The molecule has 4 nitrogen and oxygen atoms in total. The van der Waals surface area contributed by atoms with Crippen LogP contribution in [0, 0.1) is 0 Å². The van der Waals surface area contributed by atoms with Gasteiger partial charge >= 0.3 is 0 Å². The van der Waals surface area contributed by atoms with Crippen molar-refractivity contribution in [3.63, 3.8) is 0 Å². The molecule has 1 amide bonds. The number of nitrogens with one attached hydrogen (secondary N) is 1. The summed E-state index contributed by atoms with van der Waals surface area (Å²) in [5, 5.41) is 15.5. The van der Waals surface area contributed by atoms with Crippen molar-refractivity contribution in [2.75, 3.05) is 0 Å². The van der Waals surface area contributed by atoms with Crippen molar-refractivity contribution in [2.45, 2.75) is 0 Å². The quantitative estimate of drug-likeness (QED) is 0.526. The van der Waals surface area contributed by atoms with Gasteiger partial charge in [-0.3, -0.25) is 4.79 Å². The van der Waals surface area contributed by atoms with Crippen molar-refractivity contribution in [2.24, 2.45) is 5.10 Å². The molecule has 106 valence electrons. The Morgan fingerprint density at radius 3 is 2.38 bits per heavy atom.